The molecule has 0 saturated carbocycles. The molecule has 2 unspecified atom stereocenters. The van der Waals surface area contributed by atoms with Gasteiger partial charge in [0.2, 0.25) is 0 Å². The van der Waals surface area contributed by atoms with Gasteiger partial charge in [-0.2, -0.15) is 0 Å². The van der Waals surface area contributed by atoms with E-state index in [0.717, 1.165) is 39.0 Å². The van der Waals surface area contributed by atoms with E-state index in [9.17, 15) is 5.11 Å². The number of nitrogens with zero attached hydrogens (tertiary/aromatic N) is 1. The number of aliphatic hydroxyl groups excluding tert-OH is 1. The van der Waals surface area contributed by atoms with Gasteiger partial charge in [-0.05, 0) is 45.4 Å². The minimum Gasteiger partial charge on any atom is -0.396 e. The van der Waals surface area contributed by atoms with E-state index in [1.54, 1.807) is 0 Å². The van der Waals surface area contributed by atoms with Crippen molar-refractivity contribution in [2.24, 2.45) is 5.41 Å². The summed E-state index contributed by atoms with van der Waals surface area (Å²) in [5.74, 6) is 0. The standard InChI is InChI=1S/C16H26N2O2S/c1-12(15-18-13-4-2-3-5-14(13)21-15)17-10-16(6-8-19)7-9-20-11-16/h12,17,19H,2-11H2,1H3. The lowest BCUT2D eigenvalue weighted by Crippen LogP contribution is -2.37. The number of aryl methyl sites for hydroxylation is 2. The van der Waals surface area contributed by atoms with Gasteiger partial charge in [-0.1, -0.05) is 0 Å². The summed E-state index contributed by atoms with van der Waals surface area (Å²) in [6.07, 6.45) is 6.83. The van der Waals surface area contributed by atoms with Crippen molar-refractivity contribution in [2.45, 2.75) is 51.5 Å². The van der Waals surface area contributed by atoms with Crippen LogP contribution in [0.2, 0.25) is 0 Å². The monoisotopic (exact) mass is 310 g/mol. The fraction of sp³-hybridized carbons (Fsp3) is 0.812. The Morgan fingerprint density at radius 2 is 2.29 bits per heavy atom. The molecule has 0 aromatic carbocycles. The van der Waals surface area contributed by atoms with Gasteiger partial charge >= 0.3 is 0 Å². The molecule has 4 nitrogen and oxygen atoms in total. The van der Waals surface area contributed by atoms with E-state index in [0.29, 0.717) is 0 Å². The Morgan fingerprint density at radius 1 is 1.43 bits per heavy atom. The number of hydrogen-bond donors (Lipinski definition) is 2. The van der Waals surface area contributed by atoms with Crippen molar-refractivity contribution in [2.75, 3.05) is 26.4 Å². The predicted octanol–water partition coefficient (Wildman–Crippen LogP) is 2.46. The van der Waals surface area contributed by atoms with E-state index >= 15 is 0 Å². The SMILES string of the molecule is CC(NCC1(CCO)CCOC1)c1nc2c(s1)CCCC2. The molecule has 2 aliphatic rings. The van der Waals surface area contributed by atoms with Gasteiger partial charge in [0.25, 0.3) is 0 Å². The number of nitrogens with one attached hydrogen (secondary N) is 1. The first-order valence-electron chi connectivity index (χ1n) is 8.13. The van der Waals surface area contributed by atoms with E-state index in [1.807, 2.05) is 11.3 Å². The molecule has 0 spiro atoms. The van der Waals surface area contributed by atoms with Crippen LogP contribution in [-0.2, 0) is 17.6 Å². The van der Waals surface area contributed by atoms with E-state index in [4.69, 9.17) is 9.72 Å². The van der Waals surface area contributed by atoms with Crippen molar-refractivity contribution in [1.82, 2.24) is 10.3 Å². The molecule has 1 saturated heterocycles. The van der Waals surface area contributed by atoms with Crippen molar-refractivity contribution < 1.29 is 9.84 Å². The zero-order valence-corrected chi connectivity index (χ0v) is 13.7. The van der Waals surface area contributed by atoms with Gasteiger partial charge in [0.1, 0.15) is 5.01 Å². The smallest absolute Gasteiger partial charge is 0.110 e. The Balaban J connectivity index is 1.60. The average molecular weight is 310 g/mol. The first kappa shape index (κ1) is 15.4. The number of thiazole rings is 1. The molecule has 1 aliphatic carbocycles. The molecule has 1 aromatic rings. The van der Waals surface area contributed by atoms with Crippen LogP contribution in [0.5, 0.6) is 0 Å². The Morgan fingerprint density at radius 3 is 3.00 bits per heavy atom. The van der Waals surface area contributed by atoms with Crippen LogP contribution in [0.1, 0.15) is 54.2 Å². The molecule has 1 aromatic heterocycles. The van der Waals surface area contributed by atoms with Crippen molar-refractivity contribution >= 4 is 11.3 Å². The normalized spacial score (nSPS) is 26.8. The van der Waals surface area contributed by atoms with Crippen LogP contribution < -0.4 is 5.32 Å². The van der Waals surface area contributed by atoms with Crippen LogP contribution in [0.15, 0.2) is 0 Å². The minimum absolute atomic E-state index is 0.111. The molecule has 5 heteroatoms. The third kappa shape index (κ3) is 3.47. The third-order valence-corrected chi connectivity index (χ3v) is 6.18. The van der Waals surface area contributed by atoms with Crippen LogP contribution in [0.4, 0.5) is 0 Å². The molecule has 0 radical (unpaired) electrons. The quantitative estimate of drug-likeness (QED) is 0.847. The lowest BCUT2D eigenvalue weighted by molar-refractivity contribution is 0.122. The number of aromatic nitrogens is 1. The zero-order chi connectivity index (χ0) is 14.7. The highest BCUT2D eigenvalue weighted by Gasteiger charge is 2.34. The van der Waals surface area contributed by atoms with Crippen LogP contribution in [0.25, 0.3) is 0 Å². The van der Waals surface area contributed by atoms with Gasteiger partial charge < -0.3 is 15.2 Å². The van der Waals surface area contributed by atoms with E-state index in [1.165, 1.54) is 34.8 Å². The Kier molecular flexibility index (Phi) is 4.94. The van der Waals surface area contributed by atoms with Crippen LogP contribution in [-0.4, -0.2) is 36.5 Å². The Bertz CT molecular complexity index is 445. The molecule has 2 heterocycles. The molecule has 2 N–H and O–H groups in total. The van der Waals surface area contributed by atoms with Gasteiger partial charge in [0.05, 0.1) is 18.3 Å². The molecule has 2 atom stereocenters. The van der Waals surface area contributed by atoms with Crippen LogP contribution in [0.3, 0.4) is 0 Å². The maximum Gasteiger partial charge on any atom is 0.110 e. The van der Waals surface area contributed by atoms with E-state index < -0.39 is 0 Å². The summed E-state index contributed by atoms with van der Waals surface area (Å²) in [4.78, 5) is 6.34. The lowest BCUT2D eigenvalue weighted by atomic mass is 9.84. The van der Waals surface area contributed by atoms with Gasteiger partial charge in [-0.25, -0.2) is 4.98 Å². The Labute approximate surface area is 130 Å². The largest absolute Gasteiger partial charge is 0.396 e. The van der Waals surface area contributed by atoms with Gasteiger partial charge in [0.15, 0.2) is 0 Å². The minimum atomic E-state index is 0.111. The molecular formula is C16H26N2O2S. The fourth-order valence-corrected chi connectivity index (χ4v) is 4.51. The summed E-state index contributed by atoms with van der Waals surface area (Å²) >= 11 is 1.88. The second kappa shape index (κ2) is 6.73. The van der Waals surface area contributed by atoms with Crippen molar-refractivity contribution in [3.63, 3.8) is 0 Å². The molecule has 1 aliphatic heterocycles. The number of ether oxygens (including phenoxy) is 1. The topological polar surface area (TPSA) is 54.4 Å². The molecule has 118 valence electrons. The summed E-state index contributed by atoms with van der Waals surface area (Å²) < 4.78 is 5.55. The molecule has 0 amide bonds. The fourth-order valence-electron chi connectivity index (χ4n) is 3.33. The summed E-state index contributed by atoms with van der Waals surface area (Å²) in [6.45, 7) is 4.93. The zero-order valence-electron chi connectivity index (χ0n) is 12.9. The van der Waals surface area contributed by atoms with Crippen molar-refractivity contribution in [3.05, 3.63) is 15.6 Å². The first-order chi connectivity index (χ1) is 10.2. The van der Waals surface area contributed by atoms with E-state index in [-0.39, 0.29) is 18.1 Å². The number of rotatable bonds is 6. The lowest BCUT2D eigenvalue weighted by Gasteiger charge is -2.28. The highest BCUT2D eigenvalue weighted by molar-refractivity contribution is 7.11. The number of hydrogen-bond acceptors (Lipinski definition) is 5. The van der Waals surface area contributed by atoms with E-state index in [2.05, 4.69) is 12.2 Å². The second-order valence-electron chi connectivity index (χ2n) is 6.51. The molecule has 0 bridgehead atoms. The first-order valence-corrected chi connectivity index (χ1v) is 8.95. The molecule has 3 rings (SSSR count). The maximum atomic E-state index is 9.29. The number of fused-ring (bicyclic) bond motifs is 1. The van der Waals surface area contributed by atoms with Crippen LogP contribution >= 0.6 is 11.3 Å². The second-order valence-corrected chi connectivity index (χ2v) is 7.62. The van der Waals surface area contributed by atoms with Gasteiger partial charge in [-0.15, -0.1) is 11.3 Å². The molecular weight excluding hydrogens is 284 g/mol. The van der Waals surface area contributed by atoms with Crippen molar-refractivity contribution in [1.29, 1.82) is 0 Å². The highest BCUT2D eigenvalue weighted by Crippen LogP contribution is 2.33. The third-order valence-electron chi connectivity index (χ3n) is 4.84. The van der Waals surface area contributed by atoms with Crippen molar-refractivity contribution in [3.8, 4) is 0 Å². The average Bonchev–Trinajstić information content (AvgIpc) is 3.12. The summed E-state index contributed by atoms with van der Waals surface area (Å²) in [5, 5.41) is 14.1. The van der Waals surface area contributed by atoms with Crippen LogP contribution in [0, 0.1) is 5.41 Å². The molecule has 1 fully saturated rings. The Hall–Kier alpha value is -0.490. The molecule has 21 heavy (non-hydrogen) atoms. The predicted molar refractivity (Wildman–Crippen MR) is 84.7 cm³/mol. The maximum absolute atomic E-state index is 9.29. The van der Waals surface area contributed by atoms with Gasteiger partial charge in [-0.3, -0.25) is 0 Å². The summed E-state index contributed by atoms with van der Waals surface area (Å²) in [7, 11) is 0. The summed E-state index contributed by atoms with van der Waals surface area (Å²) in [5.41, 5.74) is 1.45. The summed E-state index contributed by atoms with van der Waals surface area (Å²) in [6, 6.07) is 0.289. The number of aliphatic hydroxyl groups is 1. The highest BCUT2D eigenvalue weighted by atomic mass is 32.1. The van der Waals surface area contributed by atoms with Gasteiger partial charge in [0, 0.05) is 30.1 Å².